The van der Waals surface area contributed by atoms with Crippen molar-refractivity contribution in [3.63, 3.8) is 0 Å². The highest BCUT2D eigenvalue weighted by Gasteiger charge is 2.23. The van der Waals surface area contributed by atoms with Gasteiger partial charge >= 0.3 is 0 Å². The minimum Gasteiger partial charge on any atom is -0.491 e. The third-order valence-electron chi connectivity index (χ3n) is 3.47. The van der Waals surface area contributed by atoms with Crippen molar-refractivity contribution in [2.75, 3.05) is 13.2 Å². The van der Waals surface area contributed by atoms with E-state index in [1.54, 1.807) is 6.07 Å². The maximum atomic E-state index is 12.5. The summed E-state index contributed by atoms with van der Waals surface area (Å²) in [6.45, 7) is 5.28. The lowest BCUT2D eigenvalue weighted by atomic mass is 10.0. The predicted molar refractivity (Wildman–Crippen MR) is 81.0 cm³/mol. The molecule has 108 valence electrons. The molecule has 0 aromatic heterocycles. The van der Waals surface area contributed by atoms with Gasteiger partial charge < -0.3 is 9.47 Å². The number of aryl methyl sites for hydroxylation is 2. The first kappa shape index (κ1) is 13.8. The molecule has 0 bridgehead atoms. The Hall–Kier alpha value is -2.13. The summed E-state index contributed by atoms with van der Waals surface area (Å²) in [7, 11) is 0. The molecule has 0 amide bonds. The molecule has 1 atom stereocenters. The van der Waals surface area contributed by atoms with Crippen LogP contribution in [0.25, 0.3) is 0 Å². The van der Waals surface area contributed by atoms with E-state index < -0.39 is 0 Å². The summed E-state index contributed by atoms with van der Waals surface area (Å²) in [5.74, 6) is 0.743. The molecule has 2 aromatic carbocycles. The van der Waals surface area contributed by atoms with Gasteiger partial charge in [0.05, 0.1) is 6.61 Å². The number of rotatable bonds is 5. The summed E-state index contributed by atoms with van der Waals surface area (Å²) in [5.41, 5.74) is 3.51. The zero-order chi connectivity index (χ0) is 14.8. The Morgan fingerprint density at radius 1 is 1.10 bits per heavy atom. The zero-order valence-corrected chi connectivity index (χ0v) is 12.3. The van der Waals surface area contributed by atoms with Crippen LogP contribution in [0.2, 0.25) is 0 Å². The number of carbonyl (C=O) groups excluding carboxylic acids is 1. The number of carbonyl (C=O) groups is 1. The lowest BCUT2D eigenvalue weighted by Gasteiger charge is -2.09. The fourth-order valence-electron chi connectivity index (χ4n) is 2.19. The monoisotopic (exact) mass is 282 g/mol. The van der Waals surface area contributed by atoms with E-state index in [2.05, 4.69) is 0 Å². The van der Waals surface area contributed by atoms with Crippen molar-refractivity contribution in [3.8, 4) is 5.75 Å². The Morgan fingerprint density at radius 3 is 2.48 bits per heavy atom. The largest absolute Gasteiger partial charge is 0.491 e. The van der Waals surface area contributed by atoms with Crippen molar-refractivity contribution in [2.45, 2.75) is 20.0 Å². The van der Waals surface area contributed by atoms with Crippen molar-refractivity contribution in [1.82, 2.24) is 0 Å². The van der Waals surface area contributed by atoms with E-state index in [1.807, 2.05) is 50.2 Å². The van der Waals surface area contributed by atoms with Crippen LogP contribution in [0, 0.1) is 13.8 Å². The van der Waals surface area contributed by atoms with E-state index in [0.29, 0.717) is 17.7 Å². The van der Waals surface area contributed by atoms with Crippen LogP contribution < -0.4 is 4.74 Å². The summed E-state index contributed by atoms with van der Waals surface area (Å²) in [4.78, 5) is 12.5. The third-order valence-corrected chi connectivity index (χ3v) is 3.47. The molecule has 2 aromatic rings. The van der Waals surface area contributed by atoms with Gasteiger partial charge in [0.15, 0.2) is 5.78 Å². The van der Waals surface area contributed by atoms with Crippen LogP contribution >= 0.6 is 0 Å². The Labute approximate surface area is 124 Å². The molecule has 3 heteroatoms. The standard InChI is InChI=1S/C18H18O3/c1-12-3-5-14(6-4-12)18(19)15-7-13(2)8-16(9-15)20-10-17-11-21-17/h3-9,17H,10-11H2,1-2H3. The Bertz CT molecular complexity index is 655. The van der Waals surface area contributed by atoms with Crippen molar-refractivity contribution in [2.24, 2.45) is 0 Å². The smallest absolute Gasteiger partial charge is 0.193 e. The van der Waals surface area contributed by atoms with Gasteiger partial charge in [0.25, 0.3) is 0 Å². The highest BCUT2D eigenvalue weighted by molar-refractivity contribution is 6.09. The molecule has 0 saturated carbocycles. The minimum atomic E-state index is 0.0196. The summed E-state index contributed by atoms with van der Waals surface area (Å²) < 4.78 is 10.8. The second-order valence-electron chi connectivity index (χ2n) is 5.50. The predicted octanol–water partition coefficient (Wildman–Crippen LogP) is 3.31. The van der Waals surface area contributed by atoms with Gasteiger partial charge in [-0.25, -0.2) is 0 Å². The highest BCUT2D eigenvalue weighted by Crippen LogP contribution is 2.21. The van der Waals surface area contributed by atoms with Crippen LogP contribution in [0.4, 0.5) is 0 Å². The second-order valence-corrected chi connectivity index (χ2v) is 5.50. The van der Waals surface area contributed by atoms with Crippen LogP contribution in [-0.2, 0) is 4.74 Å². The van der Waals surface area contributed by atoms with Crippen LogP contribution in [-0.4, -0.2) is 25.1 Å². The number of ether oxygens (including phenoxy) is 2. The number of hydrogen-bond acceptors (Lipinski definition) is 3. The lowest BCUT2D eigenvalue weighted by Crippen LogP contribution is -2.06. The first-order valence-electron chi connectivity index (χ1n) is 7.09. The third kappa shape index (κ3) is 3.50. The van der Waals surface area contributed by atoms with Gasteiger partial charge in [-0.3, -0.25) is 4.79 Å². The quantitative estimate of drug-likeness (QED) is 0.624. The molecular formula is C18H18O3. The Balaban J connectivity index is 1.82. The molecule has 0 radical (unpaired) electrons. The zero-order valence-electron chi connectivity index (χ0n) is 12.3. The molecule has 1 unspecified atom stereocenters. The lowest BCUT2D eigenvalue weighted by molar-refractivity contribution is 0.103. The van der Waals surface area contributed by atoms with E-state index in [9.17, 15) is 4.79 Å². The minimum absolute atomic E-state index is 0.0196. The number of hydrogen-bond donors (Lipinski definition) is 0. The number of ketones is 1. The first-order valence-corrected chi connectivity index (χ1v) is 7.09. The van der Waals surface area contributed by atoms with E-state index in [1.165, 1.54) is 0 Å². The SMILES string of the molecule is Cc1ccc(C(=O)c2cc(C)cc(OCC3CO3)c2)cc1. The first-order chi connectivity index (χ1) is 10.1. The average molecular weight is 282 g/mol. The van der Waals surface area contributed by atoms with E-state index in [0.717, 1.165) is 23.5 Å². The van der Waals surface area contributed by atoms with Gasteiger partial charge in [0.1, 0.15) is 18.5 Å². The second kappa shape index (κ2) is 5.70. The molecule has 0 spiro atoms. The molecule has 21 heavy (non-hydrogen) atoms. The number of benzene rings is 2. The maximum Gasteiger partial charge on any atom is 0.193 e. The summed E-state index contributed by atoms with van der Waals surface area (Å²) in [5, 5.41) is 0. The van der Waals surface area contributed by atoms with Gasteiger partial charge in [-0.05, 0) is 37.6 Å². The van der Waals surface area contributed by atoms with E-state index in [4.69, 9.17) is 9.47 Å². The normalized spacial score (nSPS) is 16.6. The van der Waals surface area contributed by atoms with E-state index in [-0.39, 0.29) is 11.9 Å². The molecule has 1 saturated heterocycles. The summed E-state index contributed by atoms with van der Waals surface area (Å²) in [6.07, 6.45) is 0.210. The van der Waals surface area contributed by atoms with Gasteiger partial charge in [-0.15, -0.1) is 0 Å². The Kier molecular flexibility index (Phi) is 3.76. The maximum absolute atomic E-state index is 12.5. The summed E-state index contributed by atoms with van der Waals surface area (Å²) >= 11 is 0. The van der Waals surface area contributed by atoms with Gasteiger partial charge in [0, 0.05) is 11.1 Å². The Morgan fingerprint density at radius 2 is 1.81 bits per heavy atom. The average Bonchev–Trinajstić information content (AvgIpc) is 3.29. The fourth-order valence-corrected chi connectivity index (χ4v) is 2.19. The molecule has 1 aliphatic heterocycles. The highest BCUT2D eigenvalue weighted by atomic mass is 16.6. The molecule has 1 aliphatic rings. The van der Waals surface area contributed by atoms with Gasteiger partial charge in [-0.1, -0.05) is 29.8 Å². The molecule has 0 aliphatic carbocycles. The molecular weight excluding hydrogens is 264 g/mol. The van der Waals surface area contributed by atoms with Crippen LogP contribution in [0.15, 0.2) is 42.5 Å². The fraction of sp³-hybridized carbons (Fsp3) is 0.278. The van der Waals surface area contributed by atoms with E-state index >= 15 is 0 Å². The molecule has 1 heterocycles. The van der Waals surface area contributed by atoms with Crippen molar-refractivity contribution < 1.29 is 14.3 Å². The summed E-state index contributed by atoms with van der Waals surface area (Å²) in [6, 6.07) is 13.3. The molecule has 3 nitrogen and oxygen atoms in total. The number of epoxide rings is 1. The van der Waals surface area contributed by atoms with Gasteiger partial charge in [0.2, 0.25) is 0 Å². The van der Waals surface area contributed by atoms with Crippen molar-refractivity contribution in [3.05, 3.63) is 64.7 Å². The van der Waals surface area contributed by atoms with Gasteiger partial charge in [-0.2, -0.15) is 0 Å². The van der Waals surface area contributed by atoms with Crippen LogP contribution in [0.1, 0.15) is 27.0 Å². The molecule has 3 rings (SSSR count). The molecule has 1 fully saturated rings. The van der Waals surface area contributed by atoms with Crippen LogP contribution in [0.5, 0.6) is 5.75 Å². The van der Waals surface area contributed by atoms with Crippen molar-refractivity contribution in [1.29, 1.82) is 0 Å². The molecule has 0 N–H and O–H groups in total. The van der Waals surface area contributed by atoms with Crippen LogP contribution in [0.3, 0.4) is 0 Å². The topological polar surface area (TPSA) is 38.8 Å². The van der Waals surface area contributed by atoms with Crippen molar-refractivity contribution >= 4 is 5.78 Å².